The molecule has 14 heteroatoms. The number of hydrogen-bond acceptors (Lipinski definition) is 5. The number of aromatic nitrogens is 1. The van der Waals surface area contributed by atoms with Gasteiger partial charge in [0.15, 0.2) is 0 Å². The number of alkyl halides is 3. The molecule has 0 fully saturated rings. The third-order valence-corrected chi connectivity index (χ3v) is 8.96. The van der Waals surface area contributed by atoms with Gasteiger partial charge < -0.3 is 24.2 Å². The molecular weight excluding hydrogens is 629 g/mol. The second-order valence-electron chi connectivity index (χ2n) is 10.9. The molecule has 1 atom stereocenters. The molecule has 0 bridgehead atoms. The van der Waals surface area contributed by atoms with Crippen LogP contribution in [0.2, 0.25) is 15.1 Å². The molecular formula is C29H22BCl3F3N3O4. The predicted molar refractivity (Wildman–Crippen MR) is 158 cm³/mol. The van der Waals surface area contributed by atoms with E-state index >= 15 is 0 Å². The van der Waals surface area contributed by atoms with Crippen molar-refractivity contribution in [3.05, 3.63) is 104 Å². The van der Waals surface area contributed by atoms with Crippen molar-refractivity contribution in [2.75, 3.05) is 0 Å². The van der Waals surface area contributed by atoms with E-state index in [9.17, 15) is 23.0 Å². The molecule has 0 saturated heterocycles. The Hall–Kier alpha value is -3.22. The summed E-state index contributed by atoms with van der Waals surface area (Å²) in [5.41, 5.74) is -0.417. The molecule has 4 aromatic rings. The first-order chi connectivity index (χ1) is 20.2. The Morgan fingerprint density at radius 2 is 1.84 bits per heavy atom. The Labute approximate surface area is 259 Å². The van der Waals surface area contributed by atoms with Crippen LogP contribution in [0.15, 0.2) is 65.9 Å². The largest absolute Gasteiger partial charge is 0.492 e. The maximum atomic E-state index is 14.5. The molecule has 6 rings (SSSR count). The zero-order chi connectivity index (χ0) is 30.9. The first-order valence-corrected chi connectivity index (χ1v) is 14.2. The highest BCUT2D eigenvalue weighted by molar-refractivity contribution is 6.62. The topological polar surface area (TPSA) is 84.6 Å². The van der Waals surface area contributed by atoms with Gasteiger partial charge in [-0.2, -0.15) is 13.2 Å². The van der Waals surface area contributed by atoms with Crippen LogP contribution in [0.25, 0.3) is 5.52 Å². The Bertz CT molecular complexity index is 1800. The lowest BCUT2D eigenvalue weighted by Crippen LogP contribution is -2.42. The highest BCUT2D eigenvalue weighted by Crippen LogP contribution is 2.51. The molecule has 0 saturated carbocycles. The molecule has 222 valence electrons. The third kappa shape index (κ3) is 4.97. The van der Waals surface area contributed by atoms with Crippen molar-refractivity contribution in [2.45, 2.75) is 44.2 Å². The van der Waals surface area contributed by atoms with Crippen LogP contribution in [-0.2, 0) is 27.2 Å². The van der Waals surface area contributed by atoms with Gasteiger partial charge in [0.1, 0.15) is 5.69 Å². The fourth-order valence-electron chi connectivity index (χ4n) is 5.56. The van der Waals surface area contributed by atoms with E-state index < -0.39 is 36.8 Å². The number of hydrogen-bond donors (Lipinski definition) is 2. The van der Waals surface area contributed by atoms with Crippen LogP contribution in [0.1, 0.15) is 53.0 Å². The zero-order valence-electron chi connectivity index (χ0n) is 22.6. The highest BCUT2D eigenvalue weighted by atomic mass is 35.5. The van der Waals surface area contributed by atoms with Crippen LogP contribution in [0.3, 0.4) is 0 Å². The van der Waals surface area contributed by atoms with E-state index in [1.54, 1.807) is 40.9 Å². The van der Waals surface area contributed by atoms with Crippen LogP contribution in [0, 0.1) is 0 Å². The minimum Gasteiger partial charge on any atom is -0.423 e. The number of benzene rings is 2. The Morgan fingerprint density at radius 1 is 1.12 bits per heavy atom. The van der Waals surface area contributed by atoms with Gasteiger partial charge >= 0.3 is 13.3 Å². The summed E-state index contributed by atoms with van der Waals surface area (Å²) >= 11 is 18.0. The zero-order valence-corrected chi connectivity index (χ0v) is 24.9. The first-order valence-electron chi connectivity index (χ1n) is 13.1. The van der Waals surface area contributed by atoms with Crippen LogP contribution in [0.4, 0.5) is 13.2 Å². The average Bonchev–Trinajstić information content (AvgIpc) is 3.64. The molecule has 2 aliphatic heterocycles. The van der Waals surface area contributed by atoms with Gasteiger partial charge in [0, 0.05) is 23.9 Å². The number of carbonyl (C=O) groups is 1. The molecule has 0 radical (unpaired) electrons. The van der Waals surface area contributed by atoms with E-state index in [-0.39, 0.29) is 38.6 Å². The summed E-state index contributed by atoms with van der Waals surface area (Å²) in [5.74, 6) is -0.412. The Morgan fingerprint density at radius 3 is 2.53 bits per heavy atom. The lowest BCUT2D eigenvalue weighted by Gasteiger charge is -2.29. The van der Waals surface area contributed by atoms with Crippen molar-refractivity contribution < 1.29 is 32.5 Å². The maximum absolute atomic E-state index is 14.5. The number of rotatable bonds is 5. The third-order valence-electron chi connectivity index (χ3n) is 7.76. The monoisotopic (exact) mass is 649 g/mol. The lowest BCUT2D eigenvalue weighted by molar-refractivity contribution is -0.275. The normalized spacial score (nSPS) is 19.4. The van der Waals surface area contributed by atoms with Gasteiger partial charge in [-0.3, -0.25) is 4.79 Å². The van der Waals surface area contributed by atoms with Crippen molar-refractivity contribution in [3.63, 3.8) is 0 Å². The van der Waals surface area contributed by atoms with Gasteiger partial charge in [-0.25, -0.2) is 0 Å². The first kappa shape index (κ1) is 29.8. The minimum atomic E-state index is -4.88. The smallest absolute Gasteiger partial charge is 0.423 e. The molecule has 2 aliphatic rings. The summed E-state index contributed by atoms with van der Waals surface area (Å²) in [6, 6.07) is 14.1. The molecule has 4 heterocycles. The summed E-state index contributed by atoms with van der Waals surface area (Å²) in [7, 11) is -1.06. The van der Waals surface area contributed by atoms with E-state index in [1.807, 2.05) is 26.0 Å². The average molecular weight is 651 g/mol. The predicted octanol–water partition coefficient (Wildman–Crippen LogP) is 6.36. The number of fused-ring (bicyclic) bond motifs is 2. The van der Waals surface area contributed by atoms with Crippen molar-refractivity contribution in [2.24, 2.45) is 5.16 Å². The molecule has 0 spiro atoms. The lowest BCUT2D eigenvalue weighted by atomic mass is 9.77. The van der Waals surface area contributed by atoms with Gasteiger partial charge in [-0.1, -0.05) is 64.2 Å². The highest BCUT2D eigenvalue weighted by Gasteiger charge is 2.62. The SMILES string of the molecule is CC1(C)OB(O)c2cc(CNC(=O)c3cccc4c(C5=NOC(c6cc(Cl)c(Cl)c(Cl)c6)(C(F)(F)F)C5)ccn34)ccc21. The van der Waals surface area contributed by atoms with Crippen molar-refractivity contribution in [1.29, 1.82) is 0 Å². The van der Waals surface area contributed by atoms with Gasteiger partial charge in [-0.15, -0.1) is 0 Å². The van der Waals surface area contributed by atoms with E-state index in [0.29, 0.717) is 16.5 Å². The molecule has 2 aromatic heterocycles. The summed E-state index contributed by atoms with van der Waals surface area (Å²) in [4.78, 5) is 18.4. The summed E-state index contributed by atoms with van der Waals surface area (Å²) in [6.07, 6.45) is -3.96. The van der Waals surface area contributed by atoms with Crippen LogP contribution in [-0.4, -0.2) is 34.3 Å². The molecule has 0 aliphatic carbocycles. The Kier molecular flexibility index (Phi) is 7.25. The van der Waals surface area contributed by atoms with Gasteiger partial charge in [0.2, 0.25) is 0 Å². The van der Waals surface area contributed by atoms with Crippen molar-refractivity contribution >= 4 is 64.5 Å². The van der Waals surface area contributed by atoms with E-state index in [0.717, 1.165) is 23.3 Å². The fourth-order valence-corrected chi connectivity index (χ4v) is 6.15. The number of nitrogens with zero attached hydrogens (tertiary/aromatic N) is 2. The van der Waals surface area contributed by atoms with Crippen LogP contribution < -0.4 is 10.8 Å². The number of pyridine rings is 1. The second kappa shape index (κ2) is 10.5. The Balaban J connectivity index is 1.26. The summed E-state index contributed by atoms with van der Waals surface area (Å²) in [6.45, 7) is 3.90. The van der Waals surface area contributed by atoms with Crippen molar-refractivity contribution in [3.8, 4) is 0 Å². The quantitative estimate of drug-likeness (QED) is 0.195. The molecule has 7 nitrogen and oxygen atoms in total. The van der Waals surface area contributed by atoms with E-state index in [4.69, 9.17) is 44.3 Å². The van der Waals surface area contributed by atoms with Gasteiger partial charge in [0.25, 0.3) is 11.5 Å². The number of carbonyl (C=O) groups excluding carboxylic acids is 1. The van der Waals surface area contributed by atoms with Crippen LogP contribution >= 0.6 is 34.8 Å². The minimum absolute atomic E-state index is 0.0291. The second-order valence-corrected chi connectivity index (χ2v) is 12.1. The molecule has 1 unspecified atom stereocenters. The van der Waals surface area contributed by atoms with Crippen LogP contribution in [0.5, 0.6) is 0 Å². The maximum Gasteiger partial charge on any atom is 0.492 e. The van der Waals surface area contributed by atoms with Gasteiger partial charge in [-0.05, 0) is 60.8 Å². The number of halogens is 6. The molecule has 43 heavy (non-hydrogen) atoms. The van der Waals surface area contributed by atoms with Gasteiger partial charge in [0.05, 0.1) is 38.3 Å². The number of amides is 1. The molecule has 1 amide bonds. The fraction of sp³-hybridized carbons (Fsp3) is 0.241. The molecule has 2 aromatic carbocycles. The standard InChI is InChI=1S/C29H22BCl3F3N3O4/c1-27(2)18-7-6-15(10-19(18)30(41)42-27)14-37-26(40)24-5-3-4-23-17(8-9-39(23)24)22-13-28(43-38-22,29(34,35)36)16-11-20(31)25(33)21(32)12-16/h3-12,41H,13-14H2,1-2H3,(H,37,40). The van der Waals surface area contributed by atoms with E-state index in [1.165, 1.54) is 0 Å². The summed E-state index contributed by atoms with van der Waals surface area (Å²) < 4.78 is 50.7. The van der Waals surface area contributed by atoms with Crippen molar-refractivity contribution in [1.82, 2.24) is 9.72 Å². The summed E-state index contributed by atoms with van der Waals surface area (Å²) in [5, 5.41) is 16.6. The number of oxime groups is 1. The molecule has 2 N–H and O–H groups in total. The van der Waals surface area contributed by atoms with E-state index in [2.05, 4.69) is 10.5 Å². The number of nitrogens with one attached hydrogen (secondary N) is 1.